The van der Waals surface area contributed by atoms with Gasteiger partial charge in [-0.25, -0.2) is 4.98 Å². The molecule has 0 saturated heterocycles. The van der Waals surface area contributed by atoms with E-state index < -0.39 is 5.56 Å². The molecule has 94 valence electrons. The van der Waals surface area contributed by atoms with Gasteiger partial charge in [-0.1, -0.05) is 35.3 Å². The summed E-state index contributed by atoms with van der Waals surface area (Å²) >= 11 is 11.8. The molecular formula is C12H10Cl2N2O2. The number of benzene rings is 1. The Labute approximate surface area is 114 Å². The van der Waals surface area contributed by atoms with Crippen molar-refractivity contribution < 1.29 is 4.74 Å². The first kappa shape index (κ1) is 12.9. The zero-order valence-corrected chi connectivity index (χ0v) is 11.3. The van der Waals surface area contributed by atoms with Gasteiger partial charge in [0.25, 0.3) is 5.56 Å². The Morgan fingerprint density at radius 3 is 2.56 bits per heavy atom. The molecule has 0 atom stereocenters. The van der Waals surface area contributed by atoms with Gasteiger partial charge in [0.2, 0.25) is 0 Å². The Morgan fingerprint density at radius 2 is 1.89 bits per heavy atom. The molecule has 2 rings (SSSR count). The summed E-state index contributed by atoms with van der Waals surface area (Å²) in [5.74, 6) is 0.610. The number of methoxy groups -OCH3 is 1. The van der Waals surface area contributed by atoms with Gasteiger partial charge >= 0.3 is 0 Å². The molecule has 2 aromatic rings. The number of para-hydroxylation sites is 1. The van der Waals surface area contributed by atoms with Crippen molar-refractivity contribution >= 4 is 23.2 Å². The molecule has 6 heteroatoms. The van der Waals surface area contributed by atoms with Crippen molar-refractivity contribution in [3.63, 3.8) is 0 Å². The summed E-state index contributed by atoms with van der Waals surface area (Å²) in [6.07, 6.45) is 0. The molecule has 0 N–H and O–H groups in total. The first-order valence-corrected chi connectivity index (χ1v) is 5.87. The Hall–Kier alpha value is -1.52. The minimum absolute atomic E-state index is 0.152. The van der Waals surface area contributed by atoms with E-state index >= 15 is 0 Å². The zero-order valence-electron chi connectivity index (χ0n) is 9.78. The van der Waals surface area contributed by atoms with Crippen molar-refractivity contribution in [2.75, 3.05) is 7.11 Å². The maximum Gasteiger partial charge on any atom is 0.288 e. The first-order chi connectivity index (χ1) is 8.56. The fourth-order valence-electron chi connectivity index (χ4n) is 1.70. The van der Waals surface area contributed by atoms with Crippen LogP contribution in [-0.2, 0) is 7.05 Å². The van der Waals surface area contributed by atoms with E-state index in [1.807, 2.05) is 12.1 Å². The van der Waals surface area contributed by atoms with E-state index in [0.717, 1.165) is 0 Å². The van der Waals surface area contributed by atoms with Crippen molar-refractivity contribution in [1.82, 2.24) is 9.55 Å². The van der Waals surface area contributed by atoms with Crippen molar-refractivity contribution in [2.45, 2.75) is 0 Å². The highest BCUT2D eigenvalue weighted by molar-refractivity contribution is 6.33. The summed E-state index contributed by atoms with van der Waals surface area (Å²) in [5.41, 5.74) is 0.763. The van der Waals surface area contributed by atoms with Crippen molar-refractivity contribution in [3.8, 4) is 17.0 Å². The second-order valence-corrected chi connectivity index (χ2v) is 4.32. The lowest BCUT2D eigenvalue weighted by atomic mass is 10.1. The lowest BCUT2D eigenvalue weighted by molar-refractivity contribution is 0.416. The quantitative estimate of drug-likeness (QED) is 0.852. The van der Waals surface area contributed by atoms with E-state index in [1.165, 1.54) is 4.57 Å². The van der Waals surface area contributed by atoms with Crippen LogP contribution in [0.1, 0.15) is 0 Å². The molecule has 1 heterocycles. The topological polar surface area (TPSA) is 44.1 Å². The molecule has 0 saturated carbocycles. The van der Waals surface area contributed by atoms with E-state index in [9.17, 15) is 4.79 Å². The Bertz CT molecular complexity index is 653. The monoisotopic (exact) mass is 284 g/mol. The van der Waals surface area contributed by atoms with Gasteiger partial charge in [-0.3, -0.25) is 4.79 Å². The molecule has 0 bridgehead atoms. The van der Waals surface area contributed by atoms with Gasteiger partial charge in [0.05, 0.1) is 12.8 Å². The van der Waals surface area contributed by atoms with Crippen LogP contribution in [0.4, 0.5) is 0 Å². The molecule has 4 nitrogen and oxygen atoms in total. The smallest absolute Gasteiger partial charge is 0.288 e. The van der Waals surface area contributed by atoms with E-state index in [1.54, 1.807) is 26.3 Å². The van der Waals surface area contributed by atoms with Crippen LogP contribution in [0.3, 0.4) is 0 Å². The van der Waals surface area contributed by atoms with Crippen molar-refractivity contribution in [3.05, 3.63) is 44.9 Å². The van der Waals surface area contributed by atoms with Gasteiger partial charge < -0.3 is 9.30 Å². The van der Waals surface area contributed by atoms with E-state index in [-0.39, 0.29) is 10.3 Å². The number of rotatable bonds is 2. The van der Waals surface area contributed by atoms with Gasteiger partial charge in [0.1, 0.15) is 5.75 Å². The van der Waals surface area contributed by atoms with Crippen LogP contribution in [0.25, 0.3) is 11.3 Å². The standard InChI is InChI=1S/C12H10Cl2N2O2/c1-16-9(10(13)15-11(14)12(16)17)7-5-3-4-6-8(7)18-2/h3-6H,1-2H3. The third-order valence-electron chi connectivity index (χ3n) is 2.57. The molecule has 0 fully saturated rings. The largest absolute Gasteiger partial charge is 0.496 e. The molecule has 0 radical (unpaired) electrons. The second kappa shape index (κ2) is 5.00. The molecule has 0 aliphatic carbocycles. The highest BCUT2D eigenvalue weighted by Gasteiger charge is 2.16. The van der Waals surface area contributed by atoms with Crippen LogP contribution < -0.4 is 10.3 Å². The SMILES string of the molecule is COc1ccccc1-c1c(Cl)nc(Cl)c(=O)n1C. The maximum atomic E-state index is 11.8. The molecule has 0 amide bonds. The highest BCUT2D eigenvalue weighted by atomic mass is 35.5. The molecule has 0 spiro atoms. The number of hydrogen-bond acceptors (Lipinski definition) is 3. The van der Waals surface area contributed by atoms with Crippen LogP contribution in [0.2, 0.25) is 10.3 Å². The van der Waals surface area contributed by atoms with Crippen molar-refractivity contribution in [2.24, 2.45) is 7.05 Å². The molecule has 0 unspecified atom stereocenters. The van der Waals surface area contributed by atoms with E-state index in [2.05, 4.69) is 4.98 Å². The number of halogens is 2. The predicted molar refractivity (Wildman–Crippen MR) is 71.5 cm³/mol. The van der Waals surface area contributed by atoms with Gasteiger partial charge in [-0.2, -0.15) is 0 Å². The summed E-state index contributed by atoms with van der Waals surface area (Å²) in [6, 6.07) is 7.24. The maximum absolute atomic E-state index is 11.8. The van der Waals surface area contributed by atoms with Crippen LogP contribution >= 0.6 is 23.2 Å². The number of hydrogen-bond donors (Lipinski definition) is 0. The molecular weight excluding hydrogens is 275 g/mol. The molecule has 1 aromatic heterocycles. The lowest BCUT2D eigenvalue weighted by Gasteiger charge is -2.13. The number of aromatic nitrogens is 2. The summed E-state index contributed by atoms with van der Waals surface area (Å²) in [5, 5.41) is 0.00717. The number of nitrogens with zero attached hydrogens (tertiary/aromatic N) is 2. The molecule has 1 aromatic carbocycles. The van der Waals surface area contributed by atoms with Gasteiger partial charge in [0.15, 0.2) is 10.3 Å². The Balaban J connectivity index is 2.80. The van der Waals surface area contributed by atoms with Crippen molar-refractivity contribution in [1.29, 1.82) is 0 Å². The third-order valence-corrected chi connectivity index (χ3v) is 3.08. The van der Waals surface area contributed by atoms with Gasteiger partial charge in [-0.05, 0) is 12.1 Å². The fraction of sp³-hybridized carbons (Fsp3) is 0.167. The average molecular weight is 285 g/mol. The predicted octanol–water partition coefficient (Wildman–Crippen LogP) is 2.76. The highest BCUT2D eigenvalue weighted by Crippen LogP contribution is 2.32. The number of ether oxygens (including phenoxy) is 1. The van der Waals surface area contributed by atoms with Crippen LogP contribution in [0.5, 0.6) is 5.75 Å². The zero-order chi connectivity index (χ0) is 13.3. The summed E-state index contributed by atoms with van der Waals surface area (Å²) in [7, 11) is 3.14. The minimum Gasteiger partial charge on any atom is -0.496 e. The molecule has 0 aliphatic rings. The van der Waals surface area contributed by atoms with Crippen LogP contribution in [0.15, 0.2) is 29.1 Å². The second-order valence-electron chi connectivity index (χ2n) is 3.61. The Kier molecular flexibility index (Phi) is 3.59. The third kappa shape index (κ3) is 2.09. The summed E-state index contributed by atoms with van der Waals surface area (Å²) in [4.78, 5) is 15.6. The summed E-state index contributed by atoms with van der Waals surface area (Å²) in [6.45, 7) is 0. The van der Waals surface area contributed by atoms with Crippen LogP contribution in [0, 0.1) is 0 Å². The average Bonchev–Trinajstić information content (AvgIpc) is 2.37. The first-order valence-electron chi connectivity index (χ1n) is 5.11. The van der Waals surface area contributed by atoms with Gasteiger partial charge in [-0.15, -0.1) is 0 Å². The summed E-state index contributed by atoms with van der Waals surface area (Å²) < 4.78 is 6.60. The fourth-order valence-corrected chi connectivity index (χ4v) is 2.26. The normalized spacial score (nSPS) is 10.4. The lowest BCUT2D eigenvalue weighted by Crippen LogP contribution is -2.20. The van der Waals surface area contributed by atoms with Crippen LogP contribution in [-0.4, -0.2) is 16.7 Å². The molecule has 18 heavy (non-hydrogen) atoms. The minimum atomic E-state index is -0.401. The van der Waals surface area contributed by atoms with E-state index in [0.29, 0.717) is 17.0 Å². The van der Waals surface area contributed by atoms with E-state index in [4.69, 9.17) is 27.9 Å². The Morgan fingerprint density at radius 1 is 1.22 bits per heavy atom. The van der Waals surface area contributed by atoms with Gasteiger partial charge in [0, 0.05) is 12.6 Å². The molecule has 0 aliphatic heterocycles.